The first-order chi connectivity index (χ1) is 14.0. The molecule has 2 N–H and O–H groups in total. The number of nitrogens with one attached hydrogen (secondary N) is 1. The molecule has 1 saturated heterocycles. The minimum absolute atomic E-state index is 0.108. The predicted molar refractivity (Wildman–Crippen MR) is 112 cm³/mol. The molecule has 1 atom stereocenters. The lowest BCUT2D eigenvalue weighted by atomic mass is 10.0. The summed E-state index contributed by atoms with van der Waals surface area (Å²) in [7, 11) is 0. The maximum absolute atomic E-state index is 10.5. The van der Waals surface area contributed by atoms with E-state index in [0.29, 0.717) is 34.9 Å². The van der Waals surface area contributed by atoms with Crippen molar-refractivity contribution in [3.05, 3.63) is 42.5 Å². The zero-order valence-electron chi connectivity index (χ0n) is 16.9. The fraction of sp³-hybridized carbons (Fsp3) is 0.381. The standard InChI is InChI=1S/C21H25N7O/c1-13(2)19-12-28(7-6-23-19)21-24-11-18(26-27-21)16-5-4-15(8-20(16)29)17-10-22-9-14(3)25-17/h4-5,8-11,13,19,23,29H,6-7,12H2,1-3H3/t19-/m1/s1. The van der Waals surface area contributed by atoms with Gasteiger partial charge in [-0.3, -0.25) is 4.98 Å². The number of piperazine rings is 1. The van der Waals surface area contributed by atoms with Gasteiger partial charge in [0.25, 0.3) is 0 Å². The van der Waals surface area contributed by atoms with Crippen molar-refractivity contribution < 1.29 is 5.11 Å². The van der Waals surface area contributed by atoms with Crippen molar-refractivity contribution in [2.45, 2.75) is 26.8 Å². The summed E-state index contributed by atoms with van der Waals surface area (Å²) in [5.74, 6) is 1.27. The van der Waals surface area contributed by atoms with Crippen LogP contribution < -0.4 is 10.2 Å². The number of hydrogen-bond donors (Lipinski definition) is 2. The zero-order chi connectivity index (χ0) is 20.4. The summed E-state index contributed by atoms with van der Waals surface area (Å²) in [5.41, 5.74) is 3.44. The molecule has 1 aromatic carbocycles. The number of anilines is 1. The number of nitrogens with zero attached hydrogens (tertiary/aromatic N) is 6. The zero-order valence-corrected chi connectivity index (χ0v) is 16.9. The minimum atomic E-state index is 0.108. The van der Waals surface area contributed by atoms with Crippen LogP contribution in [-0.4, -0.2) is 55.9 Å². The number of benzene rings is 1. The van der Waals surface area contributed by atoms with Crippen LogP contribution in [0.4, 0.5) is 5.95 Å². The Morgan fingerprint density at radius 1 is 1.14 bits per heavy atom. The molecule has 8 heteroatoms. The molecule has 0 radical (unpaired) electrons. The molecule has 0 amide bonds. The Bertz CT molecular complexity index is 991. The maximum atomic E-state index is 10.5. The summed E-state index contributed by atoms with van der Waals surface area (Å²) in [6.45, 7) is 8.90. The quantitative estimate of drug-likeness (QED) is 0.700. The van der Waals surface area contributed by atoms with Gasteiger partial charge in [0, 0.05) is 43.0 Å². The van der Waals surface area contributed by atoms with Gasteiger partial charge >= 0.3 is 0 Å². The number of phenolic OH excluding ortho intramolecular Hbond substituents is 1. The van der Waals surface area contributed by atoms with Gasteiger partial charge in [0.05, 0.1) is 23.8 Å². The Morgan fingerprint density at radius 2 is 2.00 bits per heavy atom. The van der Waals surface area contributed by atoms with Crippen LogP contribution in [0.2, 0.25) is 0 Å². The first kappa shape index (κ1) is 19.2. The third-order valence-corrected chi connectivity index (χ3v) is 5.17. The predicted octanol–water partition coefficient (Wildman–Crippen LogP) is 2.44. The lowest BCUT2D eigenvalue weighted by Crippen LogP contribution is -2.53. The van der Waals surface area contributed by atoms with Gasteiger partial charge in [-0.15, -0.1) is 10.2 Å². The van der Waals surface area contributed by atoms with Crippen LogP contribution in [0.1, 0.15) is 19.5 Å². The summed E-state index contributed by atoms with van der Waals surface area (Å²) < 4.78 is 0. The van der Waals surface area contributed by atoms with Crippen molar-refractivity contribution in [2.75, 3.05) is 24.5 Å². The highest BCUT2D eigenvalue weighted by atomic mass is 16.3. The Labute approximate surface area is 170 Å². The number of aryl methyl sites for hydroxylation is 1. The average molecular weight is 391 g/mol. The topological polar surface area (TPSA) is 100.0 Å². The van der Waals surface area contributed by atoms with Crippen LogP contribution in [0.15, 0.2) is 36.8 Å². The molecule has 1 aliphatic heterocycles. The second-order valence-electron chi connectivity index (χ2n) is 7.67. The normalized spacial score (nSPS) is 17.0. The van der Waals surface area contributed by atoms with Crippen LogP contribution in [0.5, 0.6) is 5.75 Å². The summed E-state index contributed by atoms with van der Waals surface area (Å²) in [4.78, 5) is 15.2. The van der Waals surface area contributed by atoms with Gasteiger partial charge in [0.1, 0.15) is 11.4 Å². The highest BCUT2D eigenvalue weighted by Gasteiger charge is 2.23. The van der Waals surface area contributed by atoms with E-state index in [4.69, 9.17) is 0 Å². The van der Waals surface area contributed by atoms with Gasteiger partial charge in [0.2, 0.25) is 5.95 Å². The number of hydrogen-bond acceptors (Lipinski definition) is 8. The molecule has 150 valence electrons. The molecule has 0 saturated carbocycles. The third kappa shape index (κ3) is 4.17. The SMILES string of the molecule is Cc1cncc(-c2ccc(-c3cnc(N4CCN[C@@H](C(C)C)C4)nn3)c(O)c2)n1. The Kier molecular flexibility index (Phi) is 5.35. The van der Waals surface area contributed by atoms with E-state index in [1.807, 2.05) is 13.0 Å². The van der Waals surface area contributed by atoms with Gasteiger partial charge in [0.15, 0.2) is 0 Å². The van der Waals surface area contributed by atoms with E-state index < -0.39 is 0 Å². The molecule has 2 aromatic heterocycles. The molecule has 0 spiro atoms. The molecular weight excluding hydrogens is 366 g/mol. The molecule has 3 heterocycles. The van der Waals surface area contributed by atoms with Crippen LogP contribution in [-0.2, 0) is 0 Å². The van der Waals surface area contributed by atoms with Gasteiger partial charge in [-0.05, 0) is 25.0 Å². The molecule has 29 heavy (non-hydrogen) atoms. The van der Waals surface area contributed by atoms with Gasteiger partial charge in [-0.2, -0.15) is 0 Å². The van der Waals surface area contributed by atoms with E-state index in [2.05, 4.69) is 49.2 Å². The summed E-state index contributed by atoms with van der Waals surface area (Å²) >= 11 is 0. The number of phenols is 1. The second-order valence-corrected chi connectivity index (χ2v) is 7.67. The maximum Gasteiger partial charge on any atom is 0.245 e. The molecule has 0 bridgehead atoms. The Hall–Kier alpha value is -3.13. The molecule has 0 unspecified atom stereocenters. The monoisotopic (exact) mass is 391 g/mol. The molecule has 1 aliphatic rings. The number of aromatic hydroxyl groups is 1. The highest BCUT2D eigenvalue weighted by molar-refractivity contribution is 5.72. The highest BCUT2D eigenvalue weighted by Crippen LogP contribution is 2.31. The van der Waals surface area contributed by atoms with E-state index in [1.54, 1.807) is 30.7 Å². The van der Waals surface area contributed by atoms with Crippen molar-refractivity contribution >= 4 is 5.95 Å². The van der Waals surface area contributed by atoms with Gasteiger partial charge < -0.3 is 15.3 Å². The van der Waals surface area contributed by atoms with Crippen LogP contribution in [0.3, 0.4) is 0 Å². The van der Waals surface area contributed by atoms with E-state index >= 15 is 0 Å². The van der Waals surface area contributed by atoms with Crippen molar-refractivity contribution in [1.82, 2.24) is 30.5 Å². The first-order valence-electron chi connectivity index (χ1n) is 9.81. The van der Waals surface area contributed by atoms with Crippen LogP contribution in [0.25, 0.3) is 22.5 Å². The summed E-state index contributed by atoms with van der Waals surface area (Å²) in [6.07, 6.45) is 5.04. The number of rotatable bonds is 4. The van der Waals surface area contributed by atoms with E-state index in [-0.39, 0.29) is 5.75 Å². The molecule has 3 aromatic rings. The van der Waals surface area contributed by atoms with E-state index in [9.17, 15) is 5.11 Å². The molecular formula is C21H25N7O. The smallest absolute Gasteiger partial charge is 0.245 e. The molecule has 0 aliphatic carbocycles. The van der Waals surface area contributed by atoms with Crippen molar-refractivity contribution in [2.24, 2.45) is 5.92 Å². The lowest BCUT2D eigenvalue weighted by Gasteiger charge is -2.35. The van der Waals surface area contributed by atoms with E-state index in [1.165, 1.54) is 0 Å². The lowest BCUT2D eigenvalue weighted by molar-refractivity contribution is 0.365. The molecule has 4 rings (SSSR count). The second kappa shape index (κ2) is 8.08. The third-order valence-electron chi connectivity index (χ3n) is 5.17. The first-order valence-corrected chi connectivity index (χ1v) is 9.81. The number of aromatic nitrogens is 5. The Balaban J connectivity index is 1.55. The van der Waals surface area contributed by atoms with Crippen LogP contribution >= 0.6 is 0 Å². The fourth-order valence-electron chi connectivity index (χ4n) is 3.45. The van der Waals surface area contributed by atoms with Crippen LogP contribution in [0, 0.1) is 12.8 Å². The summed E-state index contributed by atoms with van der Waals surface area (Å²) in [5, 5.41) is 22.7. The summed E-state index contributed by atoms with van der Waals surface area (Å²) in [6, 6.07) is 5.77. The van der Waals surface area contributed by atoms with Gasteiger partial charge in [-0.25, -0.2) is 9.97 Å². The fourth-order valence-corrected chi connectivity index (χ4v) is 3.45. The Morgan fingerprint density at radius 3 is 2.69 bits per heavy atom. The van der Waals surface area contributed by atoms with E-state index in [0.717, 1.165) is 30.9 Å². The van der Waals surface area contributed by atoms with Gasteiger partial charge in [-0.1, -0.05) is 19.9 Å². The molecule has 8 nitrogen and oxygen atoms in total. The van der Waals surface area contributed by atoms with Crippen molar-refractivity contribution in [1.29, 1.82) is 0 Å². The minimum Gasteiger partial charge on any atom is -0.507 e. The average Bonchev–Trinajstić information content (AvgIpc) is 2.74. The largest absolute Gasteiger partial charge is 0.507 e. The van der Waals surface area contributed by atoms with Crippen molar-refractivity contribution in [3.8, 4) is 28.3 Å². The van der Waals surface area contributed by atoms with Crippen molar-refractivity contribution in [3.63, 3.8) is 0 Å². The molecule has 1 fully saturated rings.